The average molecular weight is 1210 g/mol. The van der Waals surface area contributed by atoms with Crippen molar-refractivity contribution in [2.24, 2.45) is 0 Å². The molecule has 0 aromatic carbocycles. The number of ether oxygens (including phenoxy) is 7. The molecular weight excluding hydrogens is 1150 g/mol. The van der Waals surface area contributed by atoms with Crippen molar-refractivity contribution in [1.82, 2.24) is 10.0 Å². The lowest BCUT2D eigenvalue weighted by molar-refractivity contribution is -0.849. The van der Waals surface area contributed by atoms with E-state index in [0.717, 1.165) is 11.4 Å². The lowest BCUT2D eigenvalue weighted by Gasteiger charge is -2.50. The zero-order chi connectivity index (χ0) is 57.9. The summed E-state index contributed by atoms with van der Waals surface area (Å²) in [4.78, 5) is 36.4. The van der Waals surface area contributed by atoms with E-state index in [1.165, 1.54) is 4.72 Å². The summed E-state index contributed by atoms with van der Waals surface area (Å²) in [6.45, 7) is -2.24. The van der Waals surface area contributed by atoms with Crippen LogP contribution in [0.1, 0.15) is 6.92 Å². The third kappa shape index (κ3) is 20.4. The van der Waals surface area contributed by atoms with Crippen molar-refractivity contribution in [3.05, 3.63) is 0 Å². The van der Waals surface area contributed by atoms with Gasteiger partial charge < -0.3 is 83.8 Å². The van der Waals surface area contributed by atoms with Gasteiger partial charge in [0, 0.05) is 6.92 Å². The molecule has 4 aliphatic rings. The van der Waals surface area contributed by atoms with Gasteiger partial charge in [0.15, 0.2) is 49.6 Å². The van der Waals surface area contributed by atoms with E-state index in [0.29, 0.717) is 0 Å². The number of aliphatic carboxylic acids is 2. The number of nitrogens with zero attached hydrogens (tertiary/aromatic N) is 1. The molecule has 4 fully saturated rings. The lowest BCUT2D eigenvalue weighted by Crippen LogP contribution is -2.71. The number of carboxylic acids is 2. The molecule has 15 N–H and O–H groups in total. The number of rotatable bonds is 21. The molecule has 20 atom stereocenters. The molecule has 0 radical (unpaired) electrons. The van der Waals surface area contributed by atoms with Crippen LogP contribution in [0.5, 0.6) is 0 Å². The number of aliphatic hydroxyl groups excluding tert-OH is 6. The van der Waals surface area contributed by atoms with E-state index in [-0.39, 0.29) is 0 Å². The van der Waals surface area contributed by atoms with Crippen LogP contribution in [0.3, 0.4) is 0 Å². The molecule has 4 rings (SSSR count). The van der Waals surface area contributed by atoms with Crippen LogP contribution in [0.15, 0.2) is 0 Å². The van der Waals surface area contributed by atoms with Crippen LogP contribution in [-0.4, -0.2) is 292 Å². The molecule has 0 saturated carbocycles. The highest BCUT2D eigenvalue weighted by Gasteiger charge is 2.60. The highest BCUT2D eigenvalue weighted by molar-refractivity contribution is 7.83. The SMILES string of the molecule is CC(=O)N[C@@H]1[C@@H](O)[C@H](O[C@@H]2O[C@H](C(=O)O)[C@@H](O[C@@H]3O[C@H](CO)[C@@H](O[C@H]4O[C@@H](C(=O)O)[C@H](O)[C@@H](O)[C@@H]4OS(=O)(=O)O)[C@H](OS(=O)(=O)O)[C@H]3NS(=O)(=O)O)[C@H](O)[C@H]2OS(=O)(=O)O)[C@H](COS(=O)(=O)O)O[C@H]1O.C[N+](C)(C)C. The molecule has 40 nitrogen and oxygen atoms in total. The average Bonchev–Trinajstić information content (AvgIpc) is 3.20. The maximum atomic E-state index is 12.7. The zero-order valence-electron chi connectivity index (χ0n) is 38.6. The van der Waals surface area contributed by atoms with Gasteiger partial charge in [-0.1, -0.05) is 0 Å². The molecular formula is C30H54N3O37S5+. The molecule has 0 bridgehead atoms. The van der Waals surface area contributed by atoms with E-state index < -0.39 is 206 Å². The maximum Gasteiger partial charge on any atom is 0.397 e. The molecule has 0 unspecified atom stereocenters. The summed E-state index contributed by atoms with van der Waals surface area (Å²) in [5.74, 6) is -5.49. The third-order valence-corrected chi connectivity index (χ3v) is 12.1. The first kappa shape index (κ1) is 66.5. The summed E-state index contributed by atoms with van der Waals surface area (Å²) in [7, 11) is -20.6. The van der Waals surface area contributed by atoms with E-state index in [4.69, 9.17) is 37.7 Å². The Labute approximate surface area is 424 Å². The summed E-state index contributed by atoms with van der Waals surface area (Å²) in [6, 6.07) is -4.96. The molecule has 45 heteroatoms. The van der Waals surface area contributed by atoms with E-state index >= 15 is 0 Å². The minimum atomic E-state index is -6.09. The first-order valence-corrected chi connectivity index (χ1v) is 27.2. The number of carboxylic acid groups (broad SMARTS) is 2. The van der Waals surface area contributed by atoms with Crippen LogP contribution in [0.2, 0.25) is 0 Å². The molecule has 0 aliphatic carbocycles. The van der Waals surface area contributed by atoms with Gasteiger partial charge in [-0.15, -0.1) is 0 Å². The summed E-state index contributed by atoms with van der Waals surface area (Å²) in [5, 5.41) is 86.0. The molecule has 440 valence electrons. The van der Waals surface area contributed by atoms with Crippen molar-refractivity contribution < 1.29 is 174 Å². The smallest absolute Gasteiger partial charge is 0.397 e. The van der Waals surface area contributed by atoms with E-state index in [2.05, 4.69) is 44.9 Å². The Bertz CT molecular complexity index is 2540. The number of aliphatic hydroxyl groups is 6. The molecule has 1 amide bonds. The fourth-order valence-corrected chi connectivity index (χ4v) is 9.43. The predicted octanol–water partition coefficient (Wildman–Crippen LogP) is -10.4. The van der Waals surface area contributed by atoms with Gasteiger partial charge >= 0.3 is 63.8 Å². The Hall–Kier alpha value is -2.80. The standard InChI is InChI=1S/C26H42N2O37S5.C4H12N/c1-4(30)27-7-9(31)13(6(56-23(7)39)3-55-67(43,44)45)58-26-19(65-70(52,53)54)12(34)16(20(62-26)22(37)38)60-24-8(28-66(40,41)42)15(63-68(46,47)48)14(5(2-29)57-24)59-25-18(64-69(49,50)51)11(33)10(32)17(61-25)21(35)36;1-5(2,3)4/h5-20,23-26,28-29,31-34,39H,2-3H2,1H3,(H,27,30)(H,35,36)(H,37,38)(H,40,41,42)(H,43,44,45)(H,46,47,48)(H,49,50,51)(H,52,53,54);1-4H3/q;+1/t5-,6+,7-,8-,9-,10-,11-,12+,13-,14-,15-,16+,17-,18+,19-,20+,23-,24+,25+,26-;/m1./s1. The van der Waals surface area contributed by atoms with Crippen molar-refractivity contribution in [3.8, 4) is 0 Å². The summed E-state index contributed by atoms with van der Waals surface area (Å²) in [6.07, 6.45) is -49.1. The number of quaternary nitrogens is 1. The fraction of sp³-hybridized carbons (Fsp3) is 0.900. The number of hydrogen-bond donors (Lipinski definition) is 15. The summed E-state index contributed by atoms with van der Waals surface area (Å²) >= 11 is 0. The fourth-order valence-electron chi connectivity index (χ4n) is 7.05. The van der Waals surface area contributed by atoms with Gasteiger partial charge in [0.1, 0.15) is 73.1 Å². The number of carbonyl (C=O) groups excluding carboxylic acids is 1. The Morgan fingerprint density at radius 1 is 0.520 bits per heavy atom. The number of hydrogen-bond acceptors (Lipinski definition) is 30. The van der Waals surface area contributed by atoms with Gasteiger partial charge in [-0.3, -0.25) is 27.6 Å². The second-order valence-corrected chi connectivity index (χ2v) is 22.7. The number of amides is 1. The minimum Gasteiger partial charge on any atom is -0.479 e. The highest BCUT2D eigenvalue weighted by atomic mass is 32.3. The third-order valence-electron chi connectivity index (χ3n) is 9.68. The molecule has 4 saturated heterocycles. The monoisotopic (exact) mass is 1210 g/mol. The normalized spacial score (nSPS) is 37.4. The second kappa shape index (κ2) is 25.5. The van der Waals surface area contributed by atoms with Crippen LogP contribution in [0.25, 0.3) is 0 Å². The van der Waals surface area contributed by atoms with Crippen molar-refractivity contribution in [1.29, 1.82) is 0 Å². The maximum absolute atomic E-state index is 12.7. The second-order valence-electron chi connectivity index (χ2n) is 17.3. The Kier molecular flexibility index (Phi) is 22.6. The van der Waals surface area contributed by atoms with Gasteiger partial charge in [-0.2, -0.15) is 46.8 Å². The minimum absolute atomic E-state index is 0.840. The van der Waals surface area contributed by atoms with Crippen LogP contribution < -0.4 is 10.0 Å². The van der Waals surface area contributed by atoms with Gasteiger partial charge in [0.05, 0.1) is 41.4 Å². The van der Waals surface area contributed by atoms with Crippen molar-refractivity contribution >= 4 is 69.7 Å². The highest BCUT2D eigenvalue weighted by Crippen LogP contribution is 2.37. The van der Waals surface area contributed by atoms with Gasteiger partial charge in [-0.25, -0.2) is 26.3 Å². The molecule has 0 aromatic heterocycles. The number of nitrogens with one attached hydrogen (secondary N) is 2. The molecule has 75 heavy (non-hydrogen) atoms. The molecule has 0 aromatic rings. The first-order valence-electron chi connectivity index (χ1n) is 20.3. The lowest BCUT2D eigenvalue weighted by atomic mass is 9.94. The first-order chi connectivity index (χ1) is 33.8. The van der Waals surface area contributed by atoms with Crippen LogP contribution >= 0.6 is 0 Å². The van der Waals surface area contributed by atoms with Gasteiger partial charge in [0.25, 0.3) is 0 Å². The van der Waals surface area contributed by atoms with Crippen molar-refractivity contribution in [2.75, 3.05) is 41.4 Å². The number of carbonyl (C=O) groups is 3. The Morgan fingerprint density at radius 2 is 0.960 bits per heavy atom. The predicted molar refractivity (Wildman–Crippen MR) is 225 cm³/mol. The molecule has 0 spiro atoms. The summed E-state index contributed by atoms with van der Waals surface area (Å²) < 4.78 is 223. The van der Waals surface area contributed by atoms with Crippen LogP contribution in [0, 0.1) is 0 Å². The van der Waals surface area contributed by atoms with Crippen molar-refractivity contribution in [2.45, 2.75) is 130 Å². The van der Waals surface area contributed by atoms with E-state index in [1.54, 1.807) is 0 Å². The largest absolute Gasteiger partial charge is 0.479 e. The Morgan fingerprint density at radius 3 is 1.39 bits per heavy atom. The van der Waals surface area contributed by atoms with E-state index in [1.807, 2.05) is 5.32 Å². The Balaban J connectivity index is 0.00000282. The summed E-state index contributed by atoms with van der Waals surface area (Å²) in [5.41, 5.74) is 0. The quantitative estimate of drug-likeness (QED) is 0.0375. The van der Waals surface area contributed by atoms with Crippen molar-refractivity contribution in [3.63, 3.8) is 0 Å². The van der Waals surface area contributed by atoms with Crippen LogP contribution in [0.4, 0.5) is 0 Å². The van der Waals surface area contributed by atoms with Gasteiger partial charge in [-0.05, 0) is 0 Å². The molecule has 4 aliphatic heterocycles. The van der Waals surface area contributed by atoms with Gasteiger partial charge in [0.2, 0.25) is 5.91 Å². The topological polar surface area (TPSA) is 610 Å². The molecule has 4 heterocycles. The van der Waals surface area contributed by atoms with Crippen LogP contribution in [-0.2, 0) is 116 Å². The van der Waals surface area contributed by atoms with E-state index in [9.17, 15) is 116 Å². The zero-order valence-corrected chi connectivity index (χ0v) is 42.6.